The average molecular weight is 550 g/mol. The van der Waals surface area contributed by atoms with E-state index in [1.165, 1.54) is 0 Å². The number of nitrogens with zero attached hydrogens (tertiary/aromatic N) is 1. The Hall–Kier alpha value is -2.39. The van der Waals surface area contributed by atoms with Crippen molar-refractivity contribution in [2.45, 2.75) is 74.5 Å². The van der Waals surface area contributed by atoms with Crippen molar-refractivity contribution in [2.75, 3.05) is 0 Å². The molecule has 2 unspecified atom stereocenters. The molecule has 5 rings (SSSR count). The van der Waals surface area contributed by atoms with E-state index < -0.39 is 34.8 Å². The number of fused-ring (bicyclic) bond motifs is 2. The van der Waals surface area contributed by atoms with Crippen molar-refractivity contribution in [3.05, 3.63) is 69.4 Å². The first-order valence-corrected chi connectivity index (χ1v) is 12.8. The molecule has 3 fully saturated rings. The molecule has 5 nitrogen and oxygen atoms in total. The number of nitrogens with one attached hydrogen (secondary N) is 1. The lowest BCUT2D eigenvalue weighted by Crippen LogP contribution is -2.58. The molecule has 3 atom stereocenters. The van der Waals surface area contributed by atoms with Crippen LogP contribution in [0.4, 0.5) is 13.2 Å². The van der Waals surface area contributed by atoms with Gasteiger partial charge in [-0.1, -0.05) is 28.1 Å². The summed E-state index contributed by atoms with van der Waals surface area (Å²) >= 11 is 3.40. The summed E-state index contributed by atoms with van der Waals surface area (Å²) in [5, 5.41) is 2.86. The minimum Gasteiger partial charge on any atom is -0.343 e. The lowest BCUT2D eigenvalue weighted by molar-refractivity contribution is -0.140. The highest BCUT2D eigenvalue weighted by Crippen LogP contribution is 2.50. The topological polar surface area (TPSA) is 75.4 Å². The number of halogens is 4. The minimum atomic E-state index is -1.31. The zero-order valence-corrected chi connectivity index (χ0v) is 20.7. The maximum Gasteiger partial charge on any atom is 0.245 e. The van der Waals surface area contributed by atoms with Gasteiger partial charge in [-0.15, -0.1) is 0 Å². The first kappa shape index (κ1) is 24.3. The van der Waals surface area contributed by atoms with Gasteiger partial charge in [-0.3, -0.25) is 9.59 Å². The quantitative estimate of drug-likeness (QED) is 0.532. The van der Waals surface area contributed by atoms with Crippen LogP contribution in [0.3, 0.4) is 0 Å². The Morgan fingerprint density at radius 2 is 1.63 bits per heavy atom. The number of rotatable bonds is 6. The first-order valence-electron chi connectivity index (χ1n) is 12.0. The molecule has 2 aromatic carbocycles. The zero-order valence-electron chi connectivity index (χ0n) is 19.1. The molecule has 2 aromatic rings. The van der Waals surface area contributed by atoms with Crippen molar-refractivity contribution in [1.29, 1.82) is 0 Å². The maximum atomic E-state index is 14.6. The highest BCUT2D eigenvalue weighted by atomic mass is 79.9. The van der Waals surface area contributed by atoms with Crippen LogP contribution in [0.25, 0.3) is 0 Å². The third kappa shape index (κ3) is 4.60. The van der Waals surface area contributed by atoms with Crippen molar-refractivity contribution in [2.24, 2.45) is 5.73 Å². The van der Waals surface area contributed by atoms with Gasteiger partial charge in [0.1, 0.15) is 11.9 Å². The van der Waals surface area contributed by atoms with Crippen molar-refractivity contribution < 1.29 is 22.8 Å². The normalized spacial score (nSPS) is 25.3. The van der Waals surface area contributed by atoms with Crippen molar-refractivity contribution in [3.63, 3.8) is 0 Å². The Labute approximate surface area is 210 Å². The molecule has 2 bridgehead atoms. The van der Waals surface area contributed by atoms with Crippen LogP contribution in [0.2, 0.25) is 0 Å². The van der Waals surface area contributed by atoms with Gasteiger partial charge in [-0.05, 0) is 62.3 Å². The van der Waals surface area contributed by atoms with Crippen molar-refractivity contribution >= 4 is 27.7 Å². The van der Waals surface area contributed by atoms with Crippen LogP contribution in [0.15, 0.2) is 40.9 Å². The molecule has 1 aliphatic carbocycles. The van der Waals surface area contributed by atoms with Gasteiger partial charge in [0.25, 0.3) is 0 Å². The molecule has 2 heterocycles. The fraction of sp³-hybridized carbons (Fsp3) is 0.462. The summed E-state index contributed by atoms with van der Waals surface area (Å²) in [5.41, 5.74) is 5.55. The van der Waals surface area contributed by atoms with Crippen LogP contribution in [0, 0.1) is 17.5 Å². The maximum absolute atomic E-state index is 14.6. The van der Waals surface area contributed by atoms with Crippen LogP contribution >= 0.6 is 15.9 Å². The summed E-state index contributed by atoms with van der Waals surface area (Å²) < 4.78 is 42.9. The average Bonchev–Trinajstić information content (AvgIpc) is 3.57. The van der Waals surface area contributed by atoms with E-state index in [-0.39, 0.29) is 36.0 Å². The van der Waals surface area contributed by atoms with E-state index in [2.05, 4.69) is 21.2 Å². The molecule has 2 aliphatic heterocycles. The summed E-state index contributed by atoms with van der Waals surface area (Å²) in [7, 11) is 0. The highest BCUT2D eigenvalue weighted by Gasteiger charge is 2.54. The predicted molar refractivity (Wildman–Crippen MR) is 128 cm³/mol. The van der Waals surface area contributed by atoms with E-state index in [9.17, 15) is 22.8 Å². The highest BCUT2D eigenvalue weighted by molar-refractivity contribution is 9.10. The van der Waals surface area contributed by atoms with Gasteiger partial charge in [0, 0.05) is 40.6 Å². The molecular formula is C26H27BrF3N3O2. The number of amides is 2. The Morgan fingerprint density at radius 1 is 1.03 bits per heavy atom. The summed E-state index contributed by atoms with van der Waals surface area (Å²) in [6.07, 6.45) is 4.07. The van der Waals surface area contributed by atoms with Gasteiger partial charge >= 0.3 is 0 Å². The van der Waals surface area contributed by atoms with E-state index in [1.54, 1.807) is 0 Å². The van der Waals surface area contributed by atoms with Crippen LogP contribution in [-0.4, -0.2) is 40.9 Å². The van der Waals surface area contributed by atoms with Gasteiger partial charge < -0.3 is 16.0 Å². The molecule has 0 spiro atoms. The minimum absolute atomic E-state index is 0.0408. The van der Waals surface area contributed by atoms with E-state index in [0.717, 1.165) is 41.8 Å². The third-order valence-corrected chi connectivity index (χ3v) is 8.22. The Morgan fingerprint density at radius 3 is 2.23 bits per heavy atom. The first-order chi connectivity index (χ1) is 16.7. The van der Waals surface area contributed by atoms with E-state index in [1.807, 2.05) is 29.2 Å². The Balaban J connectivity index is 1.42. The lowest BCUT2D eigenvalue weighted by atomic mass is 9.92. The zero-order chi connectivity index (χ0) is 24.9. The van der Waals surface area contributed by atoms with E-state index in [0.29, 0.717) is 18.9 Å². The van der Waals surface area contributed by atoms with Gasteiger partial charge in [0.05, 0.1) is 5.41 Å². The predicted octanol–water partition coefficient (Wildman–Crippen LogP) is 4.11. The molecule has 9 heteroatoms. The van der Waals surface area contributed by atoms with Gasteiger partial charge in [0.2, 0.25) is 11.8 Å². The molecule has 3 aliphatic rings. The molecule has 0 radical (unpaired) electrons. The monoisotopic (exact) mass is 549 g/mol. The second-order valence-corrected chi connectivity index (χ2v) is 11.0. The SMILES string of the molecule is NC1CC2CCC(C1)N2C(=O)[C@H](Cc1ccc(Br)cc1)NC(=O)C1(c2cc(F)c(F)cc2F)CC1. The largest absolute Gasteiger partial charge is 0.343 e. The molecule has 186 valence electrons. The number of nitrogens with two attached hydrogens (primary N) is 1. The summed E-state index contributed by atoms with van der Waals surface area (Å²) in [6, 6.07) is 7.97. The Bertz CT molecular complexity index is 1140. The number of benzene rings is 2. The van der Waals surface area contributed by atoms with E-state index >= 15 is 0 Å². The van der Waals surface area contributed by atoms with Crippen molar-refractivity contribution in [3.8, 4) is 0 Å². The van der Waals surface area contributed by atoms with E-state index in [4.69, 9.17) is 5.73 Å². The number of hydrogen-bond acceptors (Lipinski definition) is 3. The molecule has 2 amide bonds. The van der Waals surface area contributed by atoms with Crippen molar-refractivity contribution in [1.82, 2.24) is 10.2 Å². The van der Waals surface area contributed by atoms with Crippen LogP contribution < -0.4 is 11.1 Å². The number of carbonyl (C=O) groups excluding carboxylic acids is 2. The van der Waals surface area contributed by atoms with Crippen LogP contribution in [-0.2, 0) is 21.4 Å². The molecule has 2 saturated heterocycles. The molecule has 35 heavy (non-hydrogen) atoms. The smallest absolute Gasteiger partial charge is 0.245 e. The van der Waals surface area contributed by atoms with Crippen LogP contribution in [0.1, 0.15) is 49.7 Å². The third-order valence-electron chi connectivity index (χ3n) is 7.69. The lowest BCUT2D eigenvalue weighted by Gasteiger charge is -2.40. The van der Waals surface area contributed by atoms with Gasteiger partial charge in [-0.25, -0.2) is 13.2 Å². The number of carbonyl (C=O) groups is 2. The fourth-order valence-electron chi connectivity index (χ4n) is 5.74. The molecular weight excluding hydrogens is 523 g/mol. The molecule has 0 aromatic heterocycles. The molecule has 1 saturated carbocycles. The van der Waals surface area contributed by atoms with Gasteiger partial charge in [-0.2, -0.15) is 0 Å². The fourth-order valence-corrected chi connectivity index (χ4v) is 6.01. The Kier molecular flexibility index (Phi) is 6.42. The summed E-state index contributed by atoms with van der Waals surface area (Å²) in [6.45, 7) is 0. The van der Waals surface area contributed by atoms with Crippen LogP contribution in [0.5, 0.6) is 0 Å². The standard InChI is InChI=1S/C26H27BrF3N3O2/c27-15-3-1-14(2-4-15)9-23(24(34)33-17-5-6-18(33)11-16(31)10-17)32-25(35)26(7-8-26)19-12-21(29)22(30)13-20(19)28/h1-4,12-13,16-18,23H,5-11,31H2,(H,32,35)/t16?,17?,18?,23-/m0/s1. The summed E-state index contributed by atoms with van der Waals surface area (Å²) in [5.74, 6) is -4.19. The second kappa shape index (κ2) is 9.24. The molecule has 3 N–H and O–H groups in total. The summed E-state index contributed by atoms with van der Waals surface area (Å²) in [4.78, 5) is 29.1. The number of hydrogen-bond donors (Lipinski definition) is 2. The second-order valence-electron chi connectivity index (χ2n) is 10.0. The number of piperidine rings is 1. The van der Waals surface area contributed by atoms with Gasteiger partial charge in [0.15, 0.2) is 11.6 Å².